The van der Waals surface area contributed by atoms with Gasteiger partial charge in [-0.2, -0.15) is 5.10 Å². The molecule has 29 heavy (non-hydrogen) atoms. The number of nitrogens with two attached hydrogens (primary N) is 1. The van der Waals surface area contributed by atoms with Gasteiger partial charge in [0.1, 0.15) is 5.82 Å². The van der Waals surface area contributed by atoms with Crippen molar-refractivity contribution in [1.29, 1.82) is 0 Å². The number of rotatable bonds is 7. The van der Waals surface area contributed by atoms with Crippen molar-refractivity contribution in [3.05, 3.63) is 70.4 Å². The van der Waals surface area contributed by atoms with Crippen molar-refractivity contribution in [3.8, 4) is 11.4 Å². The Morgan fingerprint density at radius 3 is 2.86 bits per heavy atom. The Hall–Kier alpha value is -2.77. The smallest absolute Gasteiger partial charge is 0.251 e. The van der Waals surface area contributed by atoms with Crippen LogP contribution in [0.2, 0.25) is 0 Å². The average Bonchev–Trinajstić information content (AvgIpc) is 3.26. The largest absolute Gasteiger partial charge is 0.330 e. The van der Waals surface area contributed by atoms with Crippen molar-refractivity contribution in [3.63, 3.8) is 0 Å². The van der Waals surface area contributed by atoms with E-state index in [0.717, 1.165) is 37.4 Å². The van der Waals surface area contributed by atoms with Gasteiger partial charge in [-0.25, -0.2) is 4.98 Å². The van der Waals surface area contributed by atoms with Gasteiger partial charge in [0.25, 0.3) is 5.56 Å². The van der Waals surface area contributed by atoms with Crippen LogP contribution in [0.4, 0.5) is 0 Å². The van der Waals surface area contributed by atoms with Gasteiger partial charge in [0.2, 0.25) is 0 Å². The number of H-pyrrole nitrogens is 1. The zero-order chi connectivity index (χ0) is 20.1. The molecule has 3 heterocycles. The first kappa shape index (κ1) is 19.5. The molecule has 1 aliphatic rings. The second-order valence-electron chi connectivity index (χ2n) is 7.78. The molecule has 0 aliphatic carbocycles. The van der Waals surface area contributed by atoms with E-state index in [1.807, 2.05) is 29.1 Å². The third kappa shape index (κ3) is 5.19. The Kier molecular flexibility index (Phi) is 6.17. The molecule has 0 spiro atoms. The lowest BCUT2D eigenvalue weighted by molar-refractivity contribution is 0.171. The second-order valence-corrected chi connectivity index (χ2v) is 7.78. The van der Waals surface area contributed by atoms with Gasteiger partial charge in [0, 0.05) is 50.1 Å². The summed E-state index contributed by atoms with van der Waals surface area (Å²) < 4.78 is 1.84. The van der Waals surface area contributed by atoms with Crippen molar-refractivity contribution in [2.24, 2.45) is 11.7 Å². The van der Waals surface area contributed by atoms with Gasteiger partial charge >= 0.3 is 0 Å². The molecule has 1 aromatic carbocycles. The summed E-state index contributed by atoms with van der Waals surface area (Å²) >= 11 is 0. The monoisotopic (exact) mass is 392 g/mol. The number of benzene rings is 1. The molecule has 1 atom stereocenters. The fourth-order valence-corrected chi connectivity index (χ4v) is 3.95. The maximum atomic E-state index is 12.1. The predicted molar refractivity (Wildman–Crippen MR) is 113 cm³/mol. The first-order chi connectivity index (χ1) is 14.2. The van der Waals surface area contributed by atoms with Crippen LogP contribution in [0.25, 0.3) is 11.4 Å². The van der Waals surface area contributed by atoms with Crippen molar-refractivity contribution < 1.29 is 0 Å². The number of hydrogen-bond acceptors (Lipinski definition) is 5. The van der Waals surface area contributed by atoms with Gasteiger partial charge in [-0.1, -0.05) is 24.3 Å². The molecule has 152 valence electrons. The minimum atomic E-state index is -0.129. The van der Waals surface area contributed by atoms with Crippen LogP contribution in [-0.2, 0) is 19.5 Å². The quantitative estimate of drug-likeness (QED) is 0.642. The van der Waals surface area contributed by atoms with E-state index in [2.05, 4.69) is 32.1 Å². The fraction of sp³-hybridized carbons (Fsp3) is 0.409. The molecule has 0 amide bonds. The molecule has 1 fully saturated rings. The minimum absolute atomic E-state index is 0.129. The van der Waals surface area contributed by atoms with Crippen LogP contribution in [0.5, 0.6) is 0 Å². The predicted octanol–water partition coefficient (Wildman–Crippen LogP) is 2.05. The lowest BCUT2D eigenvalue weighted by atomic mass is 9.98. The summed E-state index contributed by atoms with van der Waals surface area (Å²) in [7, 11) is 0. The summed E-state index contributed by atoms with van der Waals surface area (Å²) in [6.45, 7) is 4.61. The van der Waals surface area contributed by atoms with Gasteiger partial charge in [0.05, 0.1) is 5.69 Å². The van der Waals surface area contributed by atoms with E-state index in [4.69, 9.17) is 5.73 Å². The van der Waals surface area contributed by atoms with Crippen LogP contribution >= 0.6 is 0 Å². The Bertz CT molecular complexity index is 964. The Balaban J connectivity index is 1.43. The van der Waals surface area contributed by atoms with Crippen LogP contribution in [0.1, 0.15) is 24.1 Å². The number of aromatic amines is 1. The molecule has 0 radical (unpaired) electrons. The van der Waals surface area contributed by atoms with E-state index in [1.54, 1.807) is 12.3 Å². The summed E-state index contributed by atoms with van der Waals surface area (Å²) in [5.74, 6) is 1.22. The summed E-state index contributed by atoms with van der Waals surface area (Å²) in [5, 5.41) is 4.19. The molecule has 0 bridgehead atoms. The number of nitrogens with one attached hydrogen (secondary N) is 1. The van der Waals surface area contributed by atoms with Gasteiger partial charge in [-0.3, -0.25) is 14.4 Å². The van der Waals surface area contributed by atoms with Gasteiger partial charge in [-0.05, 0) is 43.5 Å². The standard InChI is InChI=1S/C22H28N6O/c23-14-18-3-1-10-27(16-18)15-17-4-6-19(7-5-17)22-25-20(13-21(29)26-22)8-12-28-11-2-9-24-28/h2,4-7,9,11,13,18H,1,3,8,10,12,14-16,23H2,(H,25,26,29)/t18-/m0/s1. The van der Waals surface area contributed by atoms with Crippen molar-refractivity contribution in [1.82, 2.24) is 24.6 Å². The third-order valence-electron chi connectivity index (χ3n) is 5.52. The Morgan fingerprint density at radius 2 is 2.10 bits per heavy atom. The summed E-state index contributed by atoms with van der Waals surface area (Å²) in [6.07, 6.45) is 6.77. The molecule has 1 aliphatic heterocycles. The fourth-order valence-electron chi connectivity index (χ4n) is 3.95. The summed E-state index contributed by atoms with van der Waals surface area (Å²) in [4.78, 5) is 22.1. The molecular formula is C22H28N6O. The molecule has 3 aromatic rings. The van der Waals surface area contributed by atoms with E-state index in [-0.39, 0.29) is 5.56 Å². The van der Waals surface area contributed by atoms with Crippen LogP contribution in [0.15, 0.2) is 53.6 Å². The lowest BCUT2D eigenvalue weighted by Crippen LogP contribution is -2.37. The molecule has 0 saturated carbocycles. The second kappa shape index (κ2) is 9.15. The Morgan fingerprint density at radius 1 is 1.24 bits per heavy atom. The van der Waals surface area contributed by atoms with Crippen LogP contribution in [-0.4, -0.2) is 44.3 Å². The highest BCUT2D eigenvalue weighted by Crippen LogP contribution is 2.20. The van der Waals surface area contributed by atoms with E-state index >= 15 is 0 Å². The lowest BCUT2D eigenvalue weighted by Gasteiger charge is -2.32. The van der Waals surface area contributed by atoms with Gasteiger partial charge < -0.3 is 10.7 Å². The van der Waals surface area contributed by atoms with E-state index < -0.39 is 0 Å². The number of hydrogen-bond donors (Lipinski definition) is 2. The maximum absolute atomic E-state index is 12.1. The number of nitrogens with zero attached hydrogens (tertiary/aromatic N) is 4. The average molecular weight is 393 g/mol. The van der Waals surface area contributed by atoms with Gasteiger partial charge in [0.15, 0.2) is 0 Å². The number of piperidine rings is 1. The zero-order valence-electron chi connectivity index (χ0n) is 16.6. The van der Waals surface area contributed by atoms with Crippen molar-refractivity contribution in [2.75, 3.05) is 19.6 Å². The highest BCUT2D eigenvalue weighted by atomic mass is 16.1. The highest BCUT2D eigenvalue weighted by Gasteiger charge is 2.18. The molecule has 0 unspecified atom stereocenters. The molecule has 3 N–H and O–H groups in total. The molecule has 2 aromatic heterocycles. The molecule has 4 rings (SSSR count). The SMILES string of the molecule is NC[C@@H]1CCCN(Cc2ccc(-c3nc(CCn4cccn4)cc(=O)[nH]3)cc2)C1. The summed E-state index contributed by atoms with van der Waals surface area (Å²) in [5.41, 5.74) is 8.68. The normalized spacial score (nSPS) is 17.5. The van der Waals surface area contributed by atoms with Gasteiger partial charge in [-0.15, -0.1) is 0 Å². The van der Waals surface area contributed by atoms with Crippen LogP contribution in [0, 0.1) is 5.92 Å². The van der Waals surface area contributed by atoms with E-state index in [9.17, 15) is 4.79 Å². The number of likely N-dealkylation sites (tertiary alicyclic amines) is 1. The number of aromatic nitrogens is 4. The molecular weight excluding hydrogens is 364 g/mol. The zero-order valence-corrected chi connectivity index (χ0v) is 16.6. The number of aryl methyl sites for hydroxylation is 2. The summed E-state index contributed by atoms with van der Waals surface area (Å²) in [6, 6.07) is 11.8. The van der Waals surface area contributed by atoms with Crippen LogP contribution < -0.4 is 11.3 Å². The molecule has 1 saturated heterocycles. The maximum Gasteiger partial charge on any atom is 0.251 e. The molecule has 7 heteroatoms. The van der Waals surface area contributed by atoms with E-state index in [1.165, 1.54) is 18.4 Å². The first-order valence-corrected chi connectivity index (χ1v) is 10.3. The van der Waals surface area contributed by atoms with Crippen LogP contribution in [0.3, 0.4) is 0 Å². The highest BCUT2D eigenvalue weighted by molar-refractivity contribution is 5.55. The van der Waals surface area contributed by atoms with E-state index in [0.29, 0.717) is 24.7 Å². The molecule has 7 nitrogen and oxygen atoms in total. The first-order valence-electron chi connectivity index (χ1n) is 10.3. The Labute approximate surface area is 170 Å². The van der Waals surface area contributed by atoms with Crippen molar-refractivity contribution in [2.45, 2.75) is 32.4 Å². The van der Waals surface area contributed by atoms with Crippen molar-refractivity contribution >= 4 is 0 Å². The topological polar surface area (TPSA) is 92.8 Å². The third-order valence-corrected chi connectivity index (χ3v) is 5.52. The minimum Gasteiger partial charge on any atom is -0.330 e.